The van der Waals surface area contributed by atoms with Crippen LogP contribution in [0.3, 0.4) is 0 Å². The highest BCUT2D eigenvalue weighted by Gasteiger charge is 2.03. The van der Waals surface area contributed by atoms with E-state index < -0.39 is 0 Å². The van der Waals surface area contributed by atoms with Gasteiger partial charge in [-0.15, -0.1) is 0 Å². The van der Waals surface area contributed by atoms with Crippen molar-refractivity contribution in [2.75, 3.05) is 5.73 Å². The lowest BCUT2D eigenvalue weighted by molar-refractivity contribution is 1.43. The Hall–Kier alpha value is -0.0200. The molecule has 0 aliphatic heterocycles. The van der Waals surface area contributed by atoms with Crippen molar-refractivity contribution >= 4 is 37.5 Å². The van der Waals surface area contributed by atoms with Crippen LogP contribution in [-0.4, -0.2) is 0 Å². The molecule has 0 spiro atoms. The molecular weight excluding hydrogens is 258 g/mol. The number of benzene rings is 1. The minimum atomic E-state index is 0.154. The van der Waals surface area contributed by atoms with Gasteiger partial charge in [0.25, 0.3) is 0 Å². The second-order valence-corrected chi connectivity index (χ2v) is 4.99. The number of nitrogen functional groups attached to an aromatic ring is 1. The molecule has 2 N–H and O–H groups in total. The van der Waals surface area contributed by atoms with E-state index in [9.17, 15) is 0 Å². The van der Waals surface area contributed by atoms with Gasteiger partial charge in [0.15, 0.2) is 0 Å². The number of hydrogen-bond donors (Lipinski definition) is 1. The fraction of sp³-hybridized carbons (Fsp3) is 0.143. The van der Waals surface area contributed by atoms with Crippen LogP contribution in [0.1, 0.15) is 9.30 Å². The number of hydrogen-bond acceptors (Lipinski definition) is 1. The first-order valence-corrected chi connectivity index (χ1v) is 4.67. The lowest BCUT2D eigenvalue weighted by atomic mass is 10.2. The van der Waals surface area contributed by atoms with Crippen molar-refractivity contribution in [2.45, 2.75) is 3.74 Å². The summed E-state index contributed by atoms with van der Waals surface area (Å²) in [6.45, 7) is 0. The molecule has 0 atom stereocenters. The first kappa shape index (κ1) is 8.08. The molecule has 0 bridgehead atoms. The van der Waals surface area contributed by atoms with Crippen LogP contribution in [0.25, 0.3) is 0 Å². The van der Waals surface area contributed by atoms with Crippen LogP contribution in [0.2, 0.25) is 0 Å². The topological polar surface area (TPSA) is 26.0 Å². The van der Waals surface area contributed by atoms with Gasteiger partial charge in [0.2, 0.25) is 0 Å². The predicted octanol–water partition coefficient (Wildman–Crippen LogP) is 3.06. The second kappa shape index (κ2) is 3.39. The molecular formula is C7H7Br2N. The summed E-state index contributed by atoms with van der Waals surface area (Å²) in [5.74, 6) is 0. The number of nitrogens with two attached hydrogens (primary N) is 1. The third-order valence-corrected chi connectivity index (χ3v) is 2.22. The van der Waals surface area contributed by atoms with E-state index in [1.807, 2.05) is 24.3 Å². The molecule has 54 valence electrons. The van der Waals surface area contributed by atoms with Crippen molar-refractivity contribution in [3.63, 3.8) is 0 Å². The van der Waals surface area contributed by atoms with Crippen molar-refractivity contribution < 1.29 is 0 Å². The average Bonchev–Trinajstić information content (AvgIpc) is 1.88. The van der Waals surface area contributed by atoms with Gasteiger partial charge in [-0.25, -0.2) is 0 Å². The Morgan fingerprint density at radius 1 is 1.20 bits per heavy atom. The van der Waals surface area contributed by atoms with Crippen molar-refractivity contribution in [3.05, 3.63) is 29.8 Å². The molecule has 0 radical (unpaired) electrons. The maximum atomic E-state index is 5.66. The monoisotopic (exact) mass is 263 g/mol. The van der Waals surface area contributed by atoms with Crippen LogP contribution in [0.4, 0.5) is 5.69 Å². The highest BCUT2D eigenvalue weighted by atomic mass is 79.9. The molecule has 0 saturated carbocycles. The molecule has 10 heavy (non-hydrogen) atoms. The Bertz CT molecular complexity index is 223. The zero-order chi connectivity index (χ0) is 7.56. The molecule has 0 fully saturated rings. The van der Waals surface area contributed by atoms with Crippen molar-refractivity contribution in [1.29, 1.82) is 0 Å². The van der Waals surface area contributed by atoms with Gasteiger partial charge in [-0.3, -0.25) is 0 Å². The molecule has 0 saturated heterocycles. The van der Waals surface area contributed by atoms with Gasteiger partial charge in [0, 0.05) is 5.69 Å². The first-order chi connectivity index (χ1) is 4.72. The van der Waals surface area contributed by atoms with E-state index in [2.05, 4.69) is 31.9 Å². The summed E-state index contributed by atoms with van der Waals surface area (Å²) >= 11 is 6.74. The minimum Gasteiger partial charge on any atom is -0.398 e. The number of para-hydroxylation sites is 1. The summed E-state index contributed by atoms with van der Waals surface area (Å²) < 4.78 is 0.154. The van der Waals surface area contributed by atoms with Gasteiger partial charge in [0.05, 0.1) is 3.74 Å². The summed E-state index contributed by atoms with van der Waals surface area (Å²) in [4.78, 5) is 0. The van der Waals surface area contributed by atoms with Gasteiger partial charge in [-0.1, -0.05) is 50.1 Å². The van der Waals surface area contributed by atoms with E-state index in [4.69, 9.17) is 5.73 Å². The maximum absolute atomic E-state index is 5.66. The second-order valence-electron chi connectivity index (χ2n) is 1.93. The minimum absolute atomic E-state index is 0.154. The van der Waals surface area contributed by atoms with Gasteiger partial charge in [-0.05, 0) is 11.6 Å². The molecule has 0 aromatic heterocycles. The van der Waals surface area contributed by atoms with Crippen LogP contribution in [0.15, 0.2) is 24.3 Å². The van der Waals surface area contributed by atoms with Crippen LogP contribution in [0, 0.1) is 0 Å². The fourth-order valence-corrected chi connectivity index (χ4v) is 1.54. The SMILES string of the molecule is Nc1ccccc1C(Br)Br. The van der Waals surface area contributed by atoms with Gasteiger partial charge >= 0.3 is 0 Å². The van der Waals surface area contributed by atoms with E-state index in [1.54, 1.807) is 0 Å². The fourth-order valence-electron chi connectivity index (χ4n) is 0.710. The summed E-state index contributed by atoms with van der Waals surface area (Å²) in [6, 6.07) is 7.73. The van der Waals surface area contributed by atoms with E-state index in [0.717, 1.165) is 11.3 Å². The maximum Gasteiger partial charge on any atom is 0.0966 e. The smallest absolute Gasteiger partial charge is 0.0966 e. The molecule has 0 aliphatic rings. The van der Waals surface area contributed by atoms with Crippen LogP contribution in [-0.2, 0) is 0 Å². The number of halogens is 2. The zero-order valence-electron chi connectivity index (χ0n) is 5.22. The molecule has 0 aliphatic carbocycles. The number of anilines is 1. The Morgan fingerprint density at radius 3 is 2.20 bits per heavy atom. The van der Waals surface area contributed by atoms with Crippen LogP contribution < -0.4 is 5.73 Å². The molecule has 0 amide bonds. The molecule has 0 heterocycles. The van der Waals surface area contributed by atoms with E-state index in [1.165, 1.54) is 0 Å². The highest BCUT2D eigenvalue weighted by molar-refractivity contribution is 9.24. The average molecular weight is 265 g/mol. The Labute approximate surface area is 76.9 Å². The quantitative estimate of drug-likeness (QED) is 0.612. The molecule has 1 nitrogen and oxygen atoms in total. The van der Waals surface area contributed by atoms with Gasteiger partial charge < -0.3 is 5.73 Å². The van der Waals surface area contributed by atoms with Crippen molar-refractivity contribution in [3.8, 4) is 0 Å². The molecule has 1 aromatic carbocycles. The van der Waals surface area contributed by atoms with Crippen LogP contribution in [0.5, 0.6) is 0 Å². The van der Waals surface area contributed by atoms with Crippen molar-refractivity contribution in [1.82, 2.24) is 0 Å². The molecule has 1 rings (SSSR count). The summed E-state index contributed by atoms with van der Waals surface area (Å²) in [6.07, 6.45) is 0. The van der Waals surface area contributed by atoms with E-state index in [-0.39, 0.29) is 3.74 Å². The number of rotatable bonds is 1. The van der Waals surface area contributed by atoms with Gasteiger partial charge in [-0.2, -0.15) is 0 Å². The molecule has 1 aromatic rings. The number of alkyl halides is 2. The molecule has 3 heteroatoms. The summed E-state index contributed by atoms with van der Waals surface area (Å²) in [5, 5.41) is 0. The Morgan fingerprint density at radius 2 is 1.80 bits per heavy atom. The largest absolute Gasteiger partial charge is 0.398 e. The van der Waals surface area contributed by atoms with Gasteiger partial charge in [0.1, 0.15) is 0 Å². The lowest BCUT2D eigenvalue weighted by Crippen LogP contribution is -1.91. The lowest BCUT2D eigenvalue weighted by Gasteiger charge is -2.04. The Balaban J connectivity index is 3.03. The third-order valence-electron chi connectivity index (χ3n) is 1.23. The van der Waals surface area contributed by atoms with Crippen molar-refractivity contribution in [2.24, 2.45) is 0 Å². The standard InChI is InChI=1S/C7H7Br2N/c8-7(9)5-3-1-2-4-6(5)10/h1-4,7H,10H2. The van der Waals surface area contributed by atoms with Crippen LogP contribution >= 0.6 is 31.9 Å². The summed E-state index contributed by atoms with van der Waals surface area (Å²) in [5.41, 5.74) is 7.54. The molecule has 0 unspecified atom stereocenters. The summed E-state index contributed by atoms with van der Waals surface area (Å²) in [7, 11) is 0. The van der Waals surface area contributed by atoms with E-state index in [0.29, 0.717) is 0 Å². The zero-order valence-corrected chi connectivity index (χ0v) is 8.39. The normalized spacial score (nSPS) is 10.3. The van der Waals surface area contributed by atoms with E-state index >= 15 is 0 Å². The first-order valence-electron chi connectivity index (χ1n) is 2.84. The Kier molecular flexibility index (Phi) is 2.74. The third kappa shape index (κ3) is 1.73. The predicted molar refractivity (Wildman–Crippen MR) is 51.4 cm³/mol. The highest BCUT2D eigenvalue weighted by Crippen LogP contribution is 2.32.